The van der Waals surface area contributed by atoms with Crippen LogP contribution in [0.2, 0.25) is 0 Å². The van der Waals surface area contributed by atoms with Gasteiger partial charge in [0.2, 0.25) is 0 Å². The highest BCUT2D eigenvalue weighted by molar-refractivity contribution is 5.58. The summed E-state index contributed by atoms with van der Waals surface area (Å²) in [7, 11) is 0. The first kappa shape index (κ1) is 7.87. The van der Waals surface area contributed by atoms with Gasteiger partial charge in [-0.3, -0.25) is 0 Å². The van der Waals surface area contributed by atoms with Crippen molar-refractivity contribution in [2.45, 2.75) is 0 Å². The van der Waals surface area contributed by atoms with E-state index in [-0.39, 0.29) is 0 Å². The number of allylic oxidation sites excluding steroid dienone is 1. The van der Waals surface area contributed by atoms with Crippen molar-refractivity contribution in [1.29, 1.82) is 0 Å². The minimum atomic E-state index is 0.299. The van der Waals surface area contributed by atoms with Crippen LogP contribution in [0.1, 0.15) is 0 Å². The molecule has 3 nitrogen and oxygen atoms in total. The molecule has 1 fully saturated rings. The van der Waals surface area contributed by atoms with Crippen LogP contribution >= 0.6 is 0 Å². The lowest BCUT2D eigenvalue weighted by Crippen LogP contribution is -2.35. The number of terminal acetylenes is 1. The summed E-state index contributed by atoms with van der Waals surface area (Å²) in [5, 5.41) is 0. The summed E-state index contributed by atoms with van der Waals surface area (Å²) >= 11 is 0. The number of ether oxygens (including phenoxy) is 1. The Morgan fingerprint density at radius 2 is 2.09 bits per heavy atom. The number of hydrogen-bond donors (Lipinski definition) is 0. The van der Waals surface area contributed by atoms with E-state index in [1.807, 2.05) is 0 Å². The van der Waals surface area contributed by atoms with Gasteiger partial charge in [0.05, 0.1) is 13.2 Å². The van der Waals surface area contributed by atoms with Crippen molar-refractivity contribution in [1.82, 2.24) is 4.90 Å². The van der Waals surface area contributed by atoms with Gasteiger partial charge in [0, 0.05) is 13.1 Å². The van der Waals surface area contributed by atoms with Gasteiger partial charge in [-0.1, -0.05) is 0 Å². The molecule has 58 valence electrons. The topological polar surface area (TPSA) is 29.5 Å². The lowest BCUT2D eigenvalue weighted by atomic mass is 10.3. The van der Waals surface area contributed by atoms with Crippen molar-refractivity contribution in [2.24, 2.45) is 0 Å². The highest BCUT2D eigenvalue weighted by Gasteiger charge is 2.11. The van der Waals surface area contributed by atoms with Gasteiger partial charge >= 0.3 is 0 Å². The van der Waals surface area contributed by atoms with Crippen molar-refractivity contribution in [3.05, 3.63) is 5.70 Å². The van der Waals surface area contributed by atoms with Crippen LogP contribution in [-0.2, 0) is 9.53 Å². The lowest BCUT2D eigenvalue weighted by molar-refractivity contribution is 0.0565. The van der Waals surface area contributed by atoms with E-state index in [9.17, 15) is 4.79 Å². The van der Waals surface area contributed by atoms with Gasteiger partial charge in [0.25, 0.3) is 0 Å². The Bertz CT molecular complexity index is 217. The molecule has 0 saturated carbocycles. The number of rotatable bonds is 1. The molecule has 0 unspecified atom stereocenters. The van der Waals surface area contributed by atoms with Crippen molar-refractivity contribution in [3.63, 3.8) is 0 Å². The van der Waals surface area contributed by atoms with Crippen LogP contribution in [0.4, 0.5) is 0 Å². The molecular weight excluding hydrogens is 142 g/mol. The zero-order chi connectivity index (χ0) is 8.10. The third-order valence-electron chi connectivity index (χ3n) is 1.56. The minimum Gasteiger partial charge on any atom is -0.378 e. The van der Waals surface area contributed by atoms with E-state index >= 15 is 0 Å². The fraction of sp³-hybridized carbons (Fsp3) is 0.500. The second kappa shape index (κ2) is 3.82. The van der Waals surface area contributed by atoms with Gasteiger partial charge in [-0.25, -0.2) is 4.79 Å². The normalized spacial score (nSPS) is 16.8. The van der Waals surface area contributed by atoms with Gasteiger partial charge in [-0.2, -0.15) is 0 Å². The molecule has 0 N–H and O–H groups in total. The Balaban J connectivity index is 2.59. The quantitative estimate of drug-likeness (QED) is 0.379. The van der Waals surface area contributed by atoms with Gasteiger partial charge in [-0.15, -0.1) is 6.42 Å². The summed E-state index contributed by atoms with van der Waals surface area (Å²) in [6.45, 7) is 2.64. The molecule has 1 aliphatic rings. The molecule has 1 rings (SSSR count). The van der Waals surface area contributed by atoms with E-state index in [1.54, 1.807) is 10.8 Å². The Hall–Kier alpha value is -1.23. The highest BCUT2D eigenvalue weighted by atomic mass is 16.5. The zero-order valence-corrected chi connectivity index (χ0v) is 6.17. The molecular formula is C8H9NO2. The maximum atomic E-state index is 10.2. The molecule has 11 heavy (non-hydrogen) atoms. The summed E-state index contributed by atoms with van der Waals surface area (Å²) in [6.07, 6.45) is 5.08. The number of carbonyl (C=O) groups excluding carboxylic acids is 1. The van der Waals surface area contributed by atoms with E-state index < -0.39 is 0 Å². The maximum Gasteiger partial charge on any atom is 0.173 e. The van der Waals surface area contributed by atoms with Crippen LogP contribution in [0.25, 0.3) is 0 Å². The van der Waals surface area contributed by atoms with Gasteiger partial charge in [0.15, 0.2) is 11.6 Å². The Labute approximate surface area is 65.6 Å². The molecule has 0 aromatic rings. The SMILES string of the molecule is C#CC(=C=O)N1CCOCC1. The van der Waals surface area contributed by atoms with E-state index in [0.717, 1.165) is 0 Å². The maximum absolute atomic E-state index is 10.2. The fourth-order valence-corrected chi connectivity index (χ4v) is 0.972. The van der Waals surface area contributed by atoms with Crippen molar-refractivity contribution >= 4 is 5.94 Å². The third kappa shape index (κ3) is 1.84. The summed E-state index contributed by atoms with van der Waals surface area (Å²) in [5.41, 5.74) is 0.299. The molecule has 0 amide bonds. The number of morpholine rings is 1. The first-order chi connectivity index (χ1) is 5.38. The predicted octanol–water partition coefficient (Wildman–Crippen LogP) is -0.333. The Kier molecular flexibility index (Phi) is 2.74. The van der Waals surface area contributed by atoms with Crippen molar-refractivity contribution in [3.8, 4) is 12.3 Å². The predicted molar refractivity (Wildman–Crippen MR) is 40.4 cm³/mol. The molecule has 0 aromatic heterocycles. The van der Waals surface area contributed by atoms with Crippen molar-refractivity contribution < 1.29 is 9.53 Å². The average molecular weight is 151 g/mol. The average Bonchev–Trinajstić information content (AvgIpc) is 2.09. The van der Waals surface area contributed by atoms with Crippen LogP contribution in [-0.4, -0.2) is 37.1 Å². The monoisotopic (exact) mass is 151 g/mol. The molecule has 0 radical (unpaired) electrons. The van der Waals surface area contributed by atoms with Crippen LogP contribution in [0.3, 0.4) is 0 Å². The summed E-state index contributed by atoms with van der Waals surface area (Å²) in [5.74, 6) is 4.01. The van der Waals surface area contributed by atoms with E-state index in [2.05, 4.69) is 5.92 Å². The first-order valence-corrected chi connectivity index (χ1v) is 3.43. The molecule has 0 spiro atoms. The second-order valence-electron chi connectivity index (χ2n) is 2.19. The molecule has 0 aliphatic carbocycles. The Morgan fingerprint density at radius 1 is 1.45 bits per heavy atom. The first-order valence-electron chi connectivity index (χ1n) is 3.43. The molecule has 0 atom stereocenters. The minimum absolute atomic E-state index is 0.299. The van der Waals surface area contributed by atoms with E-state index in [0.29, 0.717) is 32.0 Å². The molecule has 3 heteroatoms. The third-order valence-corrected chi connectivity index (χ3v) is 1.56. The van der Waals surface area contributed by atoms with Gasteiger partial charge in [-0.05, 0) is 5.92 Å². The molecule has 0 aromatic carbocycles. The van der Waals surface area contributed by atoms with Gasteiger partial charge in [0.1, 0.15) is 0 Å². The largest absolute Gasteiger partial charge is 0.378 e. The smallest absolute Gasteiger partial charge is 0.173 e. The van der Waals surface area contributed by atoms with Crippen LogP contribution in [0.15, 0.2) is 5.70 Å². The molecule has 1 heterocycles. The number of hydrogen-bond acceptors (Lipinski definition) is 3. The van der Waals surface area contributed by atoms with Crippen LogP contribution in [0.5, 0.6) is 0 Å². The second-order valence-corrected chi connectivity index (χ2v) is 2.19. The summed E-state index contributed by atoms with van der Waals surface area (Å²) in [6, 6.07) is 0. The zero-order valence-electron chi connectivity index (χ0n) is 6.17. The summed E-state index contributed by atoms with van der Waals surface area (Å²) < 4.78 is 5.09. The van der Waals surface area contributed by atoms with Gasteiger partial charge < -0.3 is 9.64 Å². The van der Waals surface area contributed by atoms with E-state index in [4.69, 9.17) is 11.2 Å². The Morgan fingerprint density at radius 3 is 2.55 bits per heavy atom. The summed E-state index contributed by atoms with van der Waals surface area (Å²) in [4.78, 5) is 12.1. The van der Waals surface area contributed by atoms with E-state index in [1.165, 1.54) is 0 Å². The van der Waals surface area contributed by atoms with Crippen LogP contribution in [0, 0.1) is 12.3 Å². The highest BCUT2D eigenvalue weighted by Crippen LogP contribution is 2.02. The van der Waals surface area contributed by atoms with Crippen LogP contribution < -0.4 is 0 Å². The standard InChI is InChI=1S/C8H9NO2/c1-2-8(7-10)9-3-5-11-6-4-9/h1H,3-6H2. The lowest BCUT2D eigenvalue weighted by Gasteiger charge is -2.26. The fourth-order valence-electron chi connectivity index (χ4n) is 0.972. The molecule has 1 saturated heterocycles. The van der Waals surface area contributed by atoms with Crippen molar-refractivity contribution in [2.75, 3.05) is 26.3 Å². The molecule has 1 aliphatic heterocycles. The molecule has 0 bridgehead atoms. The number of nitrogens with zero attached hydrogens (tertiary/aromatic N) is 1.